The van der Waals surface area contributed by atoms with Gasteiger partial charge in [-0.15, -0.1) is 0 Å². The van der Waals surface area contributed by atoms with Crippen LogP contribution in [-0.4, -0.2) is 24.1 Å². The van der Waals surface area contributed by atoms with E-state index in [1.54, 1.807) is 4.68 Å². The van der Waals surface area contributed by atoms with Crippen molar-refractivity contribution in [1.82, 2.24) is 24.1 Å². The summed E-state index contributed by atoms with van der Waals surface area (Å²) in [6.07, 6.45) is 2.92. The van der Waals surface area contributed by atoms with Crippen LogP contribution in [0.15, 0.2) is 42.9 Å². The van der Waals surface area contributed by atoms with Gasteiger partial charge < -0.3 is 0 Å². The molecule has 0 aliphatic heterocycles. The SMILES string of the molecule is Cc1nn(-c2ccccc2)c2ncn3c(=N)c(C#N)cnc3c12. The molecule has 4 rings (SSSR count). The summed E-state index contributed by atoms with van der Waals surface area (Å²) in [5, 5.41) is 22.5. The Kier molecular flexibility index (Phi) is 2.71. The number of nitriles is 1. The Morgan fingerprint density at radius 2 is 1.91 bits per heavy atom. The third kappa shape index (κ3) is 1.82. The monoisotopic (exact) mass is 301 g/mol. The Balaban J connectivity index is 2.14. The average Bonchev–Trinajstić information content (AvgIpc) is 2.93. The molecular formula is C16H11N7. The van der Waals surface area contributed by atoms with Gasteiger partial charge in [-0.3, -0.25) is 9.81 Å². The molecule has 110 valence electrons. The Labute approximate surface area is 130 Å². The summed E-state index contributed by atoms with van der Waals surface area (Å²) >= 11 is 0. The minimum atomic E-state index is 0.0683. The van der Waals surface area contributed by atoms with Gasteiger partial charge in [0.15, 0.2) is 16.8 Å². The average molecular weight is 301 g/mol. The predicted molar refractivity (Wildman–Crippen MR) is 82.9 cm³/mol. The van der Waals surface area contributed by atoms with Crippen molar-refractivity contribution in [3.05, 3.63) is 59.6 Å². The van der Waals surface area contributed by atoms with E-state index in [2.05, 4.69) is 15.1 Å². The quantitative estimate of drug-likeness (QED) is 0.579. The maximum absolute atomic E-state index is 9.04. The fourth-order valence-electron chi connectivity index (χ4n) is 2.62. The van der Waals surface area contributed by atoms with Crippen LogP contribution in [-0.2, 0) is 0 Å². The first-order chi connectivity index (χ1) is 11.2. The molecule has 0 radical (unpaired) electrons. The molecule has 3 heterocycles. The molecule has 7 heteroatoms. The molecule has 0 saturated heterocycles. The topological polar surface area (TPSA) is 95.7 Å². The van der Waals surface area contributed by atoms with Crippen LogP contribution in [0, 0.1) is 23.7 Å². The van der Waals surface area contributed by atoms with E-state index >= 15 is 0 Å². The number of fused-ring (bicyclic) bond motifs is 3. The molecule has 0 spiro atoms. The number of para-hydroxylation sites is 1. The van der Waals surface area contributed by atoms with Crippen molar-refractivity contribution in [2.24, 2.45) is 0 Å². The normalized spacial score (nSPS) is 11.0. The van der Waals surface area contributed by atoms with Gasteiger partial charge in [-0.2, -0.15) is 10.4 Å². The summed E-state index contributed by atoms with van der Waals surface area (Å²) in [5.74, 6) is 0. The number of hydrogen-bond donors (Lipinski definition) is 1. The van der Waals surface area contributed by atoms with Crippen LogP contribution >= 0.6 is 0 Å². The Bertz CT molecular complexity index is 1150. The molecule has 4 aromatic rings. The highest BCUT2D eigenvalue weighted by molar-refractivity contribution is 5.92. The van der Waals surface area contributed by atoms with Gasteiger partial charge in [-0.25, -0.2) is 14.6 Å². The number of rotatable bonds is 1. The second-order valence-corrected chi connectivity index (χ2v) is 5.10. The van der Waals surface area contributed by atoms with Crippen molar-refractivity contribution in [2.45, 2.75) is 6.92 Å². The number of hydrogen-bond acceptors (Lipinski definition) is 5. The van der Waals surface area contributed by atoms with Gasteiger partial charge in [0.25, 0.3) is 0 Å². The molecule has 3 aromatic heterocycles. The van der Waals surface area contributed by atoms with Crippen molar-refractivity contribution in [3.8, 4) is 11.8 Å². The van der Waals surface area contributed by atoms with Gasteiger partial charge in [0, 0.05) is 0 Å². The zero-order valence-electron chi connectivity index (χ0n) is 12.2. The second kappa shape index (κ2) is 4.74. The first kappa shape index (κ1) is 13.2. The van der Waals surface area contributed by atoms with Crippen LogP contribution in [0.3, 0.4) is 0 Å². The van der Waals surface area contributed by atoms with E-state index in [1.807, 2.05) is 43.3 Å². The highest BCUT2D eigenvalue weighted by atomic mass is 15.3. The number of nitrogens with zero attached hydrogens (tertiary/aromatic N) is 6. The lowest BCUT2D eigenvalue weighted by Crippen LogP contribution is -2.18. The third-order valence-electron chi connectivity index (χ3n) is 3.72. The smallest absolute Gasteiger partial charge is 0.168 e. The van der Waals surface area contributed by atoms with E-state index < -0.39 is 0 Å². The Morgan fingerprint density at radius 3 is 2.65 bits per heavy atom. The van der Waals surface area contributed by atoms with Crippen LogP contribution in [0.2, 0.25) is 0 Å². The fraction of sp³-hybridized carbons (Fsp3) is 0.0625. The predicted octanol–water partition coefficient (Wildman–Crippen LogP) is 1.73. The van der Waals surface area contributed by atoms with Crippen molar-refractivity contribution >= 4 is 16.7 Å². The summed E-state index contributed by atoms with van der Waals surface area (Å²) in [4.78, 5) is 8.77. The van der Waals surface area contributed by atoms with Crippen molar-refractivity contribution < 1.29 is 0 Å². The van der Waals surface area contributed by atoms with Gasteiger partial charge in [0.1, 0.15) is 18.0 Å². The van der Waals surface area contributed by atoms with E-state index in [0.29, 0.717) is 11.3 Å². The molecule has 1 N–H and O–H groups in total. The molecule has 0 bridgehead atoms. The summed E-state index contributed by atoms with van der Waals surface area (Å²) in [7, 11) is 0. The van der Waals surface area contributed by atoms with Gasteiger partial charge >= 0.3 is 0 Å². The van der Waals surface area contributed by atoms with Crippen LogP contribution in [0.1, 0.15) is 11.3 Å². The molecule has 0 fully saturated rings. The molecular weight excluding hydrogens is 290 g/mol. The molecule has 1 aromatic carbocycles. The highest BCUT2D eigenvalue weighted by Gasteiger charge is 2.15. The third-order valence-corrected chi connectivity index (χ3v) is 3.72. The van der Waals surface area contributed by atoms with E-state index in [9.17, 15) is 0 Å². The number of aryl methyl sites for hydroxylation is 1. The first-order valence-electron chi connectivity index (χ1n) is 6.96. The van der Waals surface area contributed by atoms with Crippen LogP contribution in [0.4, 0.5) is 0 Å². The lowest BCUT2D eigenvalue weighted by atomic mass is 10.3. The Morgan fingerprint density at radius 1 is 1.13 bits per heavy atom. The molecule has 0 aliphatic rings. The summed E-state index contributed by atoms with van der Waals surface area (Å²) in [5.41, 5.74) is 3.19. The van der Waals surface area contributed by atoms with Crippen molar-refractivity contribution in [3.63, 3.8) is 0 Å². The standard InChI is InChI=1S/C16H11N7/c1-10-13-15-19-8-11(7-17)14(18)22(15)9-20-16(13)23(21-10)12-5-3-2-4-6-12/h2-6,8-9,18H,1H3. The lowest BCUT2D eigenvalue weighted by molar-refractivity contribution is 0.871. The minimum absolute atomic E-state index is 0.0683. The summed E-state index contributed by atoms with van der Waals surface area (Å²) in [6, 6.07) is 11.7. The molecule has 0 aliphatic carbocycles. The number of benzene rings is 1. The van der Waals surface area contributed by atoms with E-state index in [0.717, 1.165) is 16.8 Å². The fourth-order valence-corrected chi connectivity index (χ4v) is 2.62. The van der Waals surface area contributed by atoms with Crippen LogP contribution in [0.5, 0.6) is 0 Å². The first-order valence-corrected chi connectivity index (χ1v) is 6.96. The second-order valence-electron chi connectivity index (χ2n) is 5.10. The molecule has 0 amide bonds. The molecule has 0 atom stereocenters. The lowest BCUT2D eigenvalue weighted by Gasteiger charge is -2.04. The van der Waals surface area contributed by atoms with Crippen molar-refractivity contribution in [2.75, 3.05) is 0 Å². The largest absolute Gasteiger partial charge is 0.283 e. The van der Waals surface area contributed by atoms with Crippen LogP contribution < -0.4 is 5.49 Å². The maximum atomic E-state index is 9.04. The molecule has 7 nitrogen and oxygen atoms in total. The molecule has 0 saturated carbocycles. The van der Waals surface area contributed by atoms with E-state index in [-0.39, 0.29) is 11.1 Å². The Hall–Kier alpha value is -3.53. The molecule has 0 unspecified atom stereocenters. The zero-order valence-corrected chi connectivity index (χ0v) is 12.2. The number of nitrogens with one attached hydrogen (secondary N) is 1. The highest BCUT2D eigenvalue weighted by Crippen LogP contribution is 2.22. The zero-order chi connectivity index (χ0) is 16.0. The number of aromatic nitrogens is 5. The van der Waals surface area contributed by atoms with Gasteiger partial charge in [-0.05, 0) is 19.1 Å². The van der Waals surface area contributed by atoms with Gasteiger partial charge in [0.05, 0.1) is 23.0 Å². The van der Waals surface area contributed by atoms with E-state index in [4.69, 9.17) is 10.7 Å². The van der Waals surface area contributed by atoms with Gasteiger partial charge in [0.2, 0.25) is 0 Å². The summed E-state index contributed by atoms with van der Waals surface area (Å²) < 4.78 is 3.26. The van der Waals surface area contributed by atoms with Gasteiger partial charge in [-0.1, -0.05) is 18.2 Å². The van der Waals surface area contributed by atoms with E-state index in [1.165, 1.54) is 16.9 Å². The van der Waals surface area contributed by atoms with Crippen molar-refractivity contribution in [1.29, 1.82) is 10.7 Å². The van der Waals surface area contributed by atoms with Crippen LogP contribution in [0.25, 0.3) is 22.4 Å². The summed E-state index contributed by atoms with van der Waals surface area (Å²) in [6.45, 7) is 1.88. The molecule has 23 heavy (non-hydrogen) atoms. The maximum Gasteiger partial charge on any atom is 0.168 e. The minimum Gasteiger partial charge on any atom is -0.283 e.